The van der Waals surface area contributed by atoms with E-state index in [1.807, 2.05) is 48.5 Å². The maximum absolute atomic E-state index is 12.2. The van der Waals surface area contributed by atoms with E-state index in [1.165, 1.54) is 13.1 Å². The van der Waals surface area contributed by atoms with Gasteiger partial charge in [-0.05, 0) is 30.7 Å². The van der Waals surface area contributed by atoms with Crippen molar-refractivity contribution in [1.29, 1.82) is 0 Å². The number of hydrogen-bond donors (Lipinski definition) is 5. The van der Waals surface area contributed by atoms with E-state index in [2.05, 4.69) is 30.8 Å². The summed E-state index contributed by atoms with van der Waals surface area (Å²) in [6.07, 6.45) is 3.04. The van der Waals surface area contributed by atoms with Crippen molar-refractivity contribution < 1.29 is 9.59 Å². The maximum atomic E-state index is 12.2. The molecule has 0 unspecified atom stereocenters. The molecular weight excluding hydrogens is 396 g/mol. The second-order valence-electron chi connectivity index (χ2n) is 6.72. The number of anilines is 3. The van der Waals surface area contributed by atoms with Crippen LogP contribution in [0.15, 0.2) is 60.9 Å². The van der Waals surface area contributed by atoms with Crippen molar-refractivity contribution in [3.8, 4) is 0 Å². The number of nitrogens with zero attached hydrogens (tertiary/aromatic N) is 3. The lowest BCUT2D eigenvalue weighted by atomic mass is 10.0. The Morgan fingerprint density at radius 2 is 1.87 bits per heavy atom. The van der Waals surface area contributed by atoms with Crippen LogP contribution in [0.2, 0.25) is 0 Å². The van der Waals surface area contributed by atoms with E-state index in [-0.39, 0.29) is 29.3 Å². The normalized spacial score (nSPS) is 11.4. The summed E-state index contributed by atoms with van der Waals surface area (Å²) in [5.74, 6) is -0.343. The Morgan fingerprint density at radius 1 is 1.10 bits per heavy atom. The first-order valence-corrected chi connectivity index (χ1v) is 9.20. The minimum atomic E-state index is -0.669. The van der Waals surface area contributed by atoms with Crippen molar-refractivity contribution in [3.05, 3.63) is 72.1 Å². The van der Waals surface area contributed by atoms with Crippen molar-refractivity contribution >= 4 is 40.0 Å². The van der Waals surface area contributed by atoms with Crippen LogP contribution in [-0.2, 0) is 4.79 Å². The number of hydrogen-bond acceptors (Lipinski definition) is 8. The third-order valence-corrected chi connectivity index (χ3v) is 4.57. The largest absolute Gasteiger partial charge is 0.365 e. The van der Waals surface area contributed by atoms with Crippen LogP contribution in [0.3, 0.4) is 0 Å². The van der Waals surface area contributed by atoms with Gasteiger partial charge in [-0.2, -0.15) is 10.1 Å². The summed E-state index contributed by atoms with van der Waals surface area (Å²) in [4.78, 5) is 32.6. The molecular formula is C21H22N8O2. The van der Waals surface area contributed by atoms with Crippen molar-refractivity contribution in [3.63, 3.8) is 0 Å². The summed E-state index contributed by atoms with van der Waals surface area (Å²) in [6.45, 7) is 1.49. The Bertz CT molecular complexity index is 1220. The third-order valence-electron chi connectivity index (χ3n) is 4.57. The Hall–Kier alpha value is -4.31. The molecule has 0 fully saturated rings. The monoisotopic (exact) mass is 418 g/mol. The quantitative estimate of drug-likeness (QED) is 0.304. The second kappa shape index (κ2) is 9.01. The number of Topliss-reactive ketones (excluding diaryl/α,β-unsaturated/α-hetero) is 1. The molecule has 0 aliphatic rings. The van der Waals surface area contributed by atoms with E-state index in [0.29, 0.717) is 5.69 Å². The Kier molecular flexibility index (Phi) is 6.22. The summed E-state index contributed by atoms with van der Waals surface area (Å²) >= 11 is 0. The number of fused-ring (bicyclic) bond motifs is 1. The number of amides is 1. The number of aromatic amines is 1. The van der Waals surface area contributed by atoms with E-state index < -0.39 is 11.9 Å². The SMILES string of the molecule is CC(=O)[C@H](Nc1ncc(C(N)=O)c(Nc2ccc3cn[nH]c3c2)n1)c1ccccc1.N. The molecule has 0 saturated heterocycles. The highest BCUT2D eigenvalue weighted by Crippen LogP contribution is 2.24. The molecule has 0 radical (unpaired) electrons. The van der Waals surface area contributed by atoms with Crippen LogP contribution in [0.1, 0.15) is 28.9 Å². The van der Waals surface area contributed by atoms with Crippen LogP contribution in [-0.4, -0.2) is 31.9 Å². The van der Waals surface area contributed by atoms with Gasteiger partial charge in [-0.1, -0.05) is 30.3 Å². The zero-order valence-electron chi connectivity index (χ0n) is 16.8. The van der Waals surface area contributed by atoms with Crippen LogP contribution in [0, 0.1) is 0 Å². The van der Waals surface area contributed by atoms with E-state index in [0.717, 1.165) is 16.5 Å². The maximum Gasteiger partial charge on any atom is 0.254 e. The molecule has 2 heterocycles. The topological polar surface area (TPSA) is 174 Å². The average Bonchev–Trinajstić information content (AvgIpc) is 3.20. The van der Waals surface area contributed by atoms with Gasteiger partial charge < -0.3 is 22.5 Å². The Labute approximate surface area is 177 Å². The number of nitrogens with one attached hydrogen (secondary N) is 3. The van der Waals surface area contributed by atoms with Crippen molar-refractivity contribution in [2.24, 2.45) is 5.73 Å². The van der Waals surface area contributed by atoms with E-state index in [4.69, 9.17) is 5.73 Å². The van der Waals surface area contributed by atoms with Gasteiger partial charge in [0, 0.05) is 17.3 Å². The van der Waals surface area contributed by atoms with Crippen LogP contribution in [0.25, 0.3) is 10.9 Å². The first kappa shape index (κ1) is 21.4. The summed E-state index contributed by atoms with van der Waals surface area (Å²) in [6, 6.07) is 14.2. The van der Waals surface area contributed by atoms with Gasteiger partial charge in [0.25, 0.3) is 5.91 Å². The first-order valence-electron chi connectivity index (χ1n) is 9.20. The smallest absolute Gasteiger partial charge is 0.254 e. The van der Waals surface area contributed by atoms with Gasteiger partial charge in [0.1, 0.15) is 17.4 Å². The lowest BCUT2D eigenvalue weighted by Crippen LogP contribution is -2.21. The molecule has 0 spiro atoms. The molecule has 0 bridgehead atoms. The summed E-state index contributed by atoms with van der Waals surface area (Å²) < 4.78 is 0. The minimum absolute atomic E-state index is 0. The number of primary amides is 1. The molecule has 0 aliphatic carbocycles. The molecule has 1 amide bonds. The van der Waals surface area contributed by atoms with Crippen LogP contribution >= 0.6 is 0 Å². The van der Waals surface area contributed by atoms with Crippen molar-refractivity contribution in [2.45, 2.75) is 13.0 Å². The van der Waals surface area contributed by atoms with Crippen molar-refractivity contribution in [1.82, 2.24) is 26.3 Å². The standard InChI is InChI=1S/C21H19N7O2.H3N/c1-12(29)18(13-5-3-2-4-6-13)26-21-23-11-16(19(22)30)20(27-21)25-15-8-7-14-10-24-28-17(14)9-15;/h2-11,18H,1H3,(H2,22,30)(H,24,28)(H2,23,25,26,27);1H3/t18-;/m0./s1. The molecule has 10 nitrogen and oxygen atoms in total. The Balaban J connectivity index is 0.00000272. The molecule has 8 N–H and O–H groups in total. The summed E-state index contributed by atoms with van der Waals surface area (Å²) in [7, 11) is 0. The number of benzene rings is 2. The number of H-pyrrole nitrogens is 1. The van der Waals surface area contributed by atoms with E-state index >= 15 is 0 Å². The second-order valence-corrected chi connectivity index (χ2v) is 6.72. The number of ketones is 1. The number of rotatable bonds is 7. The predicted octanol–water partition coefficient (Wildman–Crippen LogP) is 3.10. The fourth-order valence-corrected chi connectivity index (χ4v) is 3.07. The van der Waals surface area contributed by atoms with Gasteiger partial charge >= 0.3 is 0 Å². The van der Waals surface area contributed by atoms with E-state index in [9.17, 15) is 9.59 Å². The number of nitrogens with two attached hydrogens (primary N) is 1. The van der Waals surface area contributed by atoms with Crippen LogP contribution < -0.4 is 22.5 Å². The number of aromatic nitrogens is 4. The zero-order chi connectivity index (χ0) is 21.1. The molecule has 2 aromatic heterocycles. The fourth-order valence-electron chi connectivity index (χ4n) is 3.07. The van der Waals surface area contributed by atoms with Gasteiger partial charge in [0.2, 0.25) is 5.95 Å². The van der Waals surface area contributed by atoms with E-state index in [1.54, 1.807) is 6.20 Å². The lowest BCUT2D eigenvalue weighted by molar-refractivity contribution is -0.117. The number of carbonyl (C=O) groups is 2. The van der Waals surface area contributed by atoms with Gasteiger partial charge in [0.05, 0.1) is 11.7 Å². The highest BCUT2D eigenvalue weighted by Gasteiger charge is 2.19. The fraction of sp³-hybridized carbons (Fsp3) is 0.0952. The lowest BCUT2D eigenvalue weighted by Gasteiger charge is -2.17. The molecule has 1 atom stereocenters. The number of carbonyl (C=O) groups excluding carboxylic acids is 2. The van der Waals surface area contributed by atoms with Gasteiger partial charge in [-0.25, -0.2) is 4.98 Å². The highest BCUT2D eigenvalue weighted by atomic mass is 16.1. The molecule has 4 aromatic rings. The first-order chi connectivity index (χ1) is 14.5. The van der Waals surface area contributed by atoms with Crippen molar-refractivity contribution in [2.75, 3.05) is 10.6 Å². The Morgan fingerprint density at radius 3 is 2.58 bits per heavy atom. The molecule has 31 heavy (non-hydrogen) atoms. The summed E-state index contributed by atoms with van der Waals surface area (Å²) in [5, 5.41) is 14.0. The molecule has 10 heteroatoms. The molecule has 158 valence electrons. The molecule has 0 saturated carbocycles. The van der Waals surface area contributed by atoms with Gasteiger partial charge in [-0.15, -0.1) is 0 Å². The third kappa shape index (κ3) is 4.65. The molecule has 4 rings (SSSR count). The van der Waals surface area contributed by atoms with Gasteiger partial charge in [-0.3, -0.25) is 14.7 Å². The molecule has 2 aromatic carbocycles. The zero-order valence-corrected chi connectivity index (χ0v) is 16.8. The predicted molar refractivity (Wildman–Crippen MR) is 118 cm³/mol. The van der Waals surface area contributed by atoms with Crippen LogP contribution in [0.4, 0.5) is 17.5 Å². The summed E-state index contributed by atoms with van der Waals surface area (Å²) in [5.41, 5.74) is 7.91. The minimum Gasteiger partial charge on any atom is -0.365 e. The average molecular weight is 418 g/mol. The molecule has 0 aliphatic heterocycles. The van der Waals surface area contributed by atoms with Crippen LogP contribution in [0.5, 0.6) is 0 Å². The van der Waals surface area contributed by atoms with Gasteiger partial charge in [0.15, 0.2) is 5.78 Å². The highest BCUT2D eigenvalue weighted by molar-refractivity contribution is 5.98.